The summed E-state index contributed by atoms with van der Waals surface area (Å²) in [5.41, 5.74) is 2.25. The average molecular weight is 422 g/mol. The zero-order valence-electron chi connectivity index (χ0n) is 18.0. The quantitative estimate of drug-likeness (QED) is 0.579. The van der Waals surface area contributed by atoms with Gasteiger partial charge in [0, 0.05) is 31.7 Å². The van der Waals surface area contributed by atoms with Gasteiger partial charge in [-0.3, -0.25) is 14.5 Å². The lowest BCUT2D eigenvalue weighted by Gasteiger charge is -2.33. The van der Waals surface area contributed by atoms with Crippen LogP contribution in [0.5, 0.6) is 5.75 Å². The molecule has 0 aromatic heterocycles. The van der Waals surface area contributed by atoms with Gasteiger partial charge >= 0.3 is 0 Å². The topological polar surface area (TPSA) is 70.7 Å². The van der Waals surface area contributed by atoms with Gasteiger partial charge in [-0.15, -0.1) is 0 Å². The van der Waals surface area contributed by atoms with Gasteiger partial charge in [-0.1, -0.05) is 60.7 Å². The van der Waals surface area contributed by atoms with E-state index in [9.17, 15) is 9.59 Å². The summed E-state index contributed by atoms with van der Waals surface area (Å²) < 4.78 is 5.37. The summed E-state index contributed by atoms with van der Waals surface area (Å²) in [5.74, 6) is 0.631. The third kappa shape index (κ3) is 6.96. The van der Waals surface area contributed by atoms with Gasteiger partial charge in [-0.25, -0.2) is 0 Å². The van der Waals surface area contributed by atoms with Crippen LogP contribution in [0.2, 0.25) is 0 Å². The molecule has 1 aliphatic rings. The third-order valence-corrected chi connectivity index (χ3v) is 5.40. The summed E-state index contributed by atoms with van der Waals surface area (Å²) in [6.45, 7) is 2.51. The zero-order chi connectivity index (χ0) is 21.9. The van der Waals surface area contributed by atoms with Crippen molar-refractivity contribution in [3.63, 3.8) is 0 Å². The van der Waals surface area contributed by atoms with Crippen molar-refractivity contribution in [1.29, 1.82) is 0 Å². The molecule has 2 aromatic rings. The highest BCUT2D eigenvalue weighted by Crippen LogP contribution is 2.19. The zero-order valence-corrected chi connectivity index (χ0v) is 18.0. The SMILES string of the molecule is COc1ccccc1/C=C/CN1CCNC(=O)C1CC(=O)NCCCc1ccccc1. The van der Waals surface area contributed by atoms with Crippen molar-refractivity contribution in [2.75, 3.05) is 33.3 Å². The molecule has 0 radical (unpaired) electrons. The summed E-state index contributed by atoms with van der Waals surface area (Å²) in [4.78, 5) is 26.9. The molecule has 0 spiro atoms. The minimum absolute atomic E-state index is 0.0867. The van der Waals surface area contributed by atoms with Crippen LogP contribution in [0.1, 0.15) is 24.0 Å². The van der Waals surface area contributed by atoms with Crippen LogP contribution in [0.3, 0.4) is 0 Å². The number of para-hydroxylation sites is 1. The van der Waals surface area contributed by atoms with Crippen molar-refractivity contribution in [2.24, 2.45) is 0 Å². The van der Waals surface area contributed by atoms with E-state index in [1.165, 1.54) is 5.56 Å². The number of aryl methyl sites for hydroxylation is 1. The normalized spacial score (nSPS) is 16.8. The predicted octanol–water partition coefficient (Wildman–Crippen LogP) is 2.65. The number of hydrogen-bond acceptors (Lipinski definition) is 4. The molecule has 6 heteroatoms. The van der Waals surface area contributed by atoms with Gasteiger partial charge in [0.1, 0.15) is 5.75 Å². The molecule has 1 aliphatic heterocycles. The first-order valence-corrected chi connectivity index (χ1v) is 10.8. The van der Waals surface area contributed by atoms with Gasteiger partial charge in [0.05, 0.1) is 19.6 Å². The summed E-state index contributed by atoms with van der Waals surface area (Å²) in [5, 5.41) is 5.84. The second kappa shape index (κ2) is 11.9. The lowest BCUT2D eigenvalue weighted by atomic mass is 10.1. The maximum absolute atomic E-state index is 12.4. The summed E-state index contributed by atoms with van der Waals surface area (Å²) in [7, 11) is 1.65. The van der Waals surface area contributed by atoms with E-state index in [0.717, 1.165) is 24.2 Å². The fraction of sp³-hybridized carbons (Fsp3) is 0.360. The van der Waals surface area contributed by atoms with E-state index in [4.69, 9.17) is 4.74 Å². The molecule has 31 heavy (non-hydrogen) atoms. The number of nitrogens with zero attached hydrogens (tertiary/aromatic N) is 1. The standard InChI is InChI=1S/C25H31N3O3/c1-31-23-14-6-5-12-21(23)13-8-17-28-18-16-27-25(30)22(28)19-24(29)26-15-7-11-20-9-3-2-4-10-20/h2-6,8-10,12-14,22H,7,11,15-19H2,1H3,(H,26,29)(H,27,30)/b13-8+. The summed E-state index contributed by atoms with van der Waals surface area (Å²) in [6.07, 6.45) is 5.97. The van der Waals surface area contributed by atoms with Crippen molar-refractivity contribution >= 4 is 17.9 Å². The maximum atomic E-state index is 12.4. The van der Waals surface area contributed by atoms with E-state index < -0.39 is 6.04 Å². The van der Waals surface area contributed by atoms with Crippen molar-refractivity contribution in [2.45, 2.75) is 25.3 Å². The molecule has 3 rings (SSSR count). The van der Waals surface area contributed by atoms with Crippen LogP contribution in [0.4, 0.5) is 0 Å². The van der Waals surface area contributed by atoms with E-state index in [1.54, 1.807) is 7.11 Å². The number of rotatable bonds is 10. The van der Waals surface area contributed by atoms with Crippen LogP contribution in [0.25, 0.3) is 6.08 Å². The number of piperazine rings is 1. The van der Waals surface area contributed by atoms with Crippen molar-refractivity contribution in [1.82, 2.24) is 15.5 Å². The Morgan fingerprint density at radius 1 is 1.19 bits per heavy atom. The largest absolute Gasteiger partial charge is 0.496 e. The first-order valence-electron chi connectivity index (χ1n) is 10.8. The molecule has 164 valence electrons. The Kier molecular flexibility index (Phi) is 8.67. The van der Waals surface area contributed by atoms with Gasteiger partial charge in [0.2, 0.25) is 11.8 Å². The van der Waals surface area contributed by atoms with Gasteiger partial charge in [-0.2, -0.15) is 0 Å². The van der Waals surface area contributed by atoms with Crippen LogP contribution in [-0.4, -0.2) is 56.0 Å². The molecule has 0 saturated carbocycles. The fourth-order valence-electron chi connectivity index (χ4n) is 3.73. The van der Waals surface area contributed by atoms with E-state index in [0.29, 0.717) is 26.2 Å². The molecule has 0 aliphatic carbocycles. The number of amides is 2. The smallest absolute Gasteiger partial charge is 0.237 e. The Bertz CT molecular complexity index is 883. The van der Waals surface area contributed by atoms with Crippen molar-refractivity contribution < 1.29 is 14.3 Å². The van der Waals surface area contributed by atoms with Gasteiger partial charge in [0.15, 0.2) is 0 Å². The molecule has 1 fully saturated rings. The number of methoxy groups -OCH3 is 1. The number of ether oxygens (including phenoxy) is 1. The minimum atomic E-state index is -0.454. The second-order valence-corrected chi connectivity index (χ2v) is 7.59. The molecule has 6 nitrogen and oxygen atoms in total. The lowest BCUT2D eigenvalue weighted by Crippen LogP contribution is -2.56. The number of carbonyl (C=O) groups excluding carboxylic acids is 2. The van der Waals surface area contributed by atoms with Gasteiger partial charge < -0.3 is 15.4 Å². The molecular weight excluding hydrogens is 390 g/mol. The van der Waals surface area contributed by atoms with Crippen molar-refractivity contribution in [3.05, 3.63) is 71.8 Å². The van der Waals surface area contributed by atoms with E-state index >= 15 is 0 Å². The van der Waals surface area contributed by atoms with Crippen LogP contribution >= 0.6 is 0 Å². The van der Waals surface area contributed by atoms with Gasteiger partial charge in [0.25, 0.3) is 0 Å². The summed E-state index contributed by atoms with van der Waals surface area (Å²) in [6, 6.07) is 17.6. The van der Waals surface area contributed by atoms with Crippen LogP contribution in [0, 0.1) is 0 Å². The highest BCUT2D eigenvalue weighted by atomic mass is 16.5. The molecule has 1 atom stereocenters. The monoisotopic (exact) mass is 421 g/mol. The third-order valence-electron chi connectivity index (χ3n) is 5.40. The lowest BCUT2D eigenvalue weighted by molar-refractivity contribution is -0.133. The number of hydrogen-bond donors (Lipinski definition) is 2. The first kappa shape index (κ1) is 22.6. The molecule has 1 heterocycles. The highest BCUT2D eigenvalue weighted by Gasteiger charge is 2.30. The Hall–Kier alpha value is -3.12. The number of nitrogens with one attached hydrogen (secondary N) is 2. The second-order valence-electron chi connectivity index (χ2n) is 7.59. The summed E-state index contributed by atoms with van der Waals surface area (Å²) >= 11 is 0. The average Bonchev–Trinajstić information content (AvgIpc) is 2.80. The first-order chi connectivity index (χ1) is 15.2. The van der Waals surface area contributed by atoms with Crippen LogP contribution in [0.15, 0.2) is 60.7 Å². The van der Waals surface area contributed by atoms with Gasteiger partial charge in [-0.05, 0) is 24.5 Å². The molecule has 2 aromatic carbocycles. The highest BCUT2D eigenvalue weighted by molar-refractivity contribution is 5.88. The number of carbonyl (C=O) groups is 2. The molecule has 1 unspecified atom stereocenters. The minimum Gasteiger partial charge on any atom is -0.496 e. The van der Waals surface area contributed by atoms with Crippen LogP contribution < -0.4 is 15.4 Å². The molecule has 1 saturated heterocycles. The van der Waals surface area contributed by atoms with Crippen LogP contribution in [-0.2, 0) is 16.0 Å². The molecule has 0 bridgehead atoms. The van der Waals surface area contributed by atoms with Crippen molar-refractivity contribution in [3.8, 4) is 5.75 Å². The maximum Gasteiger partial charge on any atom is 0.237 e. The Morgan fingerprint density at radius 3 is 2.77 bits per heavy atom. The molecule has 2 amide bonds. The predicted molar refractivity (Wildman–Crippen MR) is 123 cm³/mol. The molecule has 2 N–H and O–H groups in total. The van der Waals surface area contributed by atoms with E-state index in [-0.39, 0.29) is 18.2 Å². The number of benzene rings is 2. The van der Waals surface area contributed by atoms with E-state index in [2.05, 4.69) is 22.8 Å². The fourth-order valence-corrected chi connectivity index (χ4v) is 3.73. The Balaban J connectivity index is 1.48. The molecular formula is C25H31N3O3. The Morgan fingerprint density at radius 2 is 1.97 bits per heavy atom. The Labute approximate surface area is 184 Å². The van der Waals surface area contributed by atoms with E-state index in [1.807, 2.05) is 59.5 Å².